The Bertz CT molecular complexity index is 1300. The Morgan fingerprint density at radius 1 is 1.06 bits per heavy atom. The number of hydrogen-bond donors (Lipinski definition) is 2. The number of aromatic nitrogens is 3. The summed E-state index contributed by atoms with van der Waals surface area (Å²) >= 11 is 0.366. The number of carbonyl (C=O) groups excluding carboxylic acids is 1. The molecule has 0 aliphatic heterocycles. The number of hydrogen-bond acceptors (Lipinski definition) is 5. The van der Waals surface area contributed by atoms with Gasteiger partial charge in [0.2, 0.25) is 10.9 Å². The van der Waals surface area contributed by atoms with E-state index in [1.54, 1.807) is 37.3 Å². The van der Waals surface area contributed by atoms with Crippen LogP contribution in [0.3, 0.4) is 0 Å². The molecule has 0 bridgehead atoms. The maximum atomic E-state index is 13.4. The largest absolute Gasteiger partial charge is 0.476 e. The summed E-state index contributed by atoms with van der Waals surface area (Å²) in [7, 11) is 0. The van der Waals surface area contributed by atoms with Crippen molar-refractivity contribution in [3.63, 3.8) is 0 Å². The van der Waals surface area contributed by atoms with Crippen molar-refractivity contribution >= 4 is 28.2 Å². The third kappa shape index (κ3) is 5.46. The standard InChI is InChI=1S/C24H22F3N5O2S/c1-3-14-34-20-15(2)19(32(31-20)17-12-8-5-9-13-17)29-23(33)30-21-18(16-10-6-4-7-11-16)28-22(35-21)24(25,26)27/h4-13H,3,14H2,1-2H3,(H2,29,30,33). The minimum atomic E-state index is -4.64. The highest BCUT2D eigenvalue weighted by molar-refractivity contribution is 7.16. The fraction of sp³-hybridized carbons (Fsp3) is 0.208. The third-order valence-electron chi connectivity index (χ3n) is 4.90. The molecule has 0 atom stereocenters. The van der Waals surface area contributed by atoms with Crippen LogP contribution in [0.5, 0.6) is 5.88 Å². The second-order valence-electron chi connectivity index (χ2n) is 7.51. The number of amides is 2. The zero-order chi connectivity index (χ0) is 25.0. The lowest BCUT2D eigenvalue weighted by Gasteiger charge is -2.11. The number of urea groups is 1. The molecular weight excluding hydrogens is 479 g/mol. The van der Waals surface area contributed by atoms with Gasteiger partial charge in [0.25, 0.3) is 0 Å². The van der Waals surface area contributed by atoms with Crippen LogP contribution in [-0.2, 0) is 6.18 Å². The van der Waals surface area contributed by atoms with Crippen molar-refractivity contribution < 1.29 is 22.7 Å². The highest BCUT2D eigenvalue weighted by atomic mass is 32.1. The number of thiazole rings is 1. The fourth-order valence-corrected chi connectivity index (χ4v) is 4.12. The molecule has 0 saturated heterocycles. The molecule has 4 rings (SSSR count). The summed E-state index contributed by atoms with van der Waals surface area (Å²) in [5.74, 6) is 0.690. The maximum absolute atomic E-state index is 13.4. The van der Waals surface area contributed by atoms with Crippen molar-refractivity contribution in [2.75, 3.05) is 17.2 Å². The van der Waals surface area contributed by atoms with Crippen LogP contribution in [0.25, 0.3) is 16.9 Å². The molecule has 4 aromatic rings. The van der Waals surface area contributed by atoms with E-state index in [0.717, 1.165) is 6.42 Å². The van der Waals surface area contributed by atoms with Crippen LogP contribution in [0, 0.1) is 6.92 Å². The molecule has 182 valence electrons. The normalized spacial score (nSPS) is 11.3. The number of rotatable bonds is 7. The van der Waals surface area contributed by atoms with E-state index in [9.17, 15) is 18.0 Å². The van der Waals surface area contributed by atoms with Gasteiger partial charge in [-0.25, -0.2) is 14.5 Å². The first-order valence-electron chi connectivity index (χ1n) is 10.8. The van der Waals surface area contributed by atoms with Crippen LogP contribution in [0.2, 0.25) is 0 Å². The van der Waals surface area contributed by atoms with Crippen molar-refractivity contribution in [1.29, 1.82) is 0 Å². The topological polar surface area (TPSA) is 81.1 Å². The lowest BCUT2D eigenvalue weighted by atomic mass is 10.2. The van der Waals surface area contributed by atoms with Crippen molar-refractivity contribution in [1.82, 2.24) is 14.8 Å². The quantitative estimate of drug-likeness (QED) is 0.293. The molecule has 0 radical (unpaired) electrons. The minimum Gasteiger partial charge on any atom is -0.476 e. The van der Waals surface area contributed by atoms with Gasteiger partial charge in [0, 0.05) is 5.56 Å². The van der Waals surface area contributed by atoms with Gasteiger partial charge in [0.05, 0.1) is 17.9 Å². The lowest BCUT2D eigenvalue weighted by Crippen LogP contribution is -2.21. The van der Waals surface area contributed by atoms with E-state index in [0.29, 0.717) is 46.5 Å². The number of benzene rings is 2. The van der Waals surface area contributed by atoms with E-state index >= 15 is 0 Å². The van der Waals surface area contributed by atoms with E-state index < -0.39 is 17.2 Å². The number of anilines is 2. The van der Waals surface area contributed by atoms with Crippen molar-refractivity contribution in [3.8, 4) is 22.8 Å². The van der Waals surface area contributed by atoms with Gasteiger partial charge in [-0.15, -0.1) is 5.10 Å². The smallest absolute Gasteiger partial charge is 0.443 e. The van der Waals surface area contributed by atoms with Crippen molar-refractivity contribution in [2.45, 2.75) is 26.4 Å². The van der Waals surface area contributed by atoms with Gasteiger partial charge in [0.15, 0.2) is 0 Å². The third-order valence-corrected chi connectivity index (χ3v) is 5.91. The summed E-state index contributed by atoms with van der Waals surface area (Å²) in [6, 6.07) is 16.8. The first kappa shape index (κ1) is 24.3. The maximum Gasteiger partial charge on any atom is 0.443 e. The number of halogens is 3. The van der Waals surface area contributed by atoms with Gasteiger partial charge < -0.3 is 4.74 Å². The second kappa shape index (κ2) is 10.2. The SMILES string of the molecule is CCCOc1nn(-c2ccccc2)c(NC(=O)Nc2sc(C(F)(F)F)nc2-c2ccccc2)c1C. The van der Waals surface area contributed by atoms with E-state index in [2.05, 4.69) is 20.7 Å². The molecule has 0 aliphatic rings. The Labute approximate surface area is 203 Å². The Balaban J connectivity index is 1.66. The number of nitrogens with one attached hydrogen (secondary N) is 2. The number of para-hydroxylation sites is 1. The number of alkyl halides is 3. The highest BCUT2D eigenvalue weighted by Gasteiger charge is 2.36. The van der Waals surface area contributed by atoms with E-state index in [4.69, 9.17) is 4.74 Å². The average Bonchev–Trinajstić information content (AvgIpc) is 3.40. The highest BCUT2D eigenvalue weighted by Crippen LogP contribution is 2.41. The molecular formula is C24H22F3N5O2S. The van der Waals surface area contributed by atoms with Gasteiger partial charge in [-0.1, -0.05) is 66.8 Å². The predicted octanol–water partition coefficient (Wildman–Crippen LogP) is 6.76. The Kier molecular flexibility index (Phi) is 7.06. The van der Waals surface area contributed by atoms with Crippen LogP contribution in [0.15, 0.2) is 60.7 Å². The molecule has 0 fully saturated rings. The van der Waals surface area contributed by atoms with Gasteiger partial charge in [-0.05, 0) is 25.5 Å². The van der Waals surface area contributed by atoms with Crippen LogP contribution < -0.4 is 15.4 Å². The van der Waals surface area contributed by atoms with E-state index in [1.807, 2.05) is 37.3 Å². The predicted molar refractivity (Wildman–Crippen MR) is 129 cm³/mol. The van der Waals surface area contributed by atoms with Gasteiger partial charge >= 0.3 is 12.2 Å². The van der Waals surface area contributed by atoms with Gasteiger partial charge in [-0.2, -0.15) is 13.2 Å². The van der Waals surface area contributed by atoms with Crippen LogP contribution in [0.4, 0.5) is 28.8 Å². The number of carbonyl (C=O) groups is 1. The van der Waals surface area contributed by atoms with E-state index in [-0.39, 0.29) is 10.7 Å². The monoisotopic (exact) mass is 501 g/mol. The van der Waals surface area contributed by atoms with Crippen LogP contribution >= 0.6 is 11.3 Å². The fourth-order valence-electron chi connectivity index (χ4n) is 3.27. The van der Waals surface area contributed by atoms with Gasteiger partial charge in [0.1, 0.15) is 16.5 Å². The molecule has 0 unspecified atom stereocenters. The summed E-state index contributed by atoms with van der Waals surface area (Å²) in [6.07, 6.45) is -3.87. The molecule has 35 heavy (non-hydrogen) atoms. The zero-order valence-electron chi connectivity index (χ0n) is 18.9. The number of nitrogens with zero attached hydrogens (tertiary/aromatic N) is 3. The lowest BCUT2D eigenvalue weighted by molar-refractivity contribution is -0.137. The Morgan fingerprint density at radius 2 is 1.71 bits per heavy atom. The molecule has 2 N–H and O–H groups in total. The second-order valence-corrected chi connectivity index (χ2v) is 8.51. The summed E-state index contributed by atoms with van der Waals surface area (Å²) in [5.41, 5.74) is 1.76. The minimum absolute atomic E-state index is 0.0214. The van der Waals surface area contributed by atoms with Crippen molar-refractivity contribution in [3.05, 3.63) is 71.2 Å². The molecule has 7 nitrogen and oxygen atoms in total. The number of ether oxygens (including phenoxy) is 1. The molecule has 0 saturated carbocycles. The van der Waals surface area contributed by atoms with Crippen LogP contribution in [-0.4, -0.2) is 27.4 Å². The summed E-state index contributed by atoms with van der Waals surface area (Å²) in [6.45, 7) is 4.15. The summed E-state index contributed by atoms with van der Waals surface area (Å²) < 4.78 is 47.3. The summed E-state index contributed by atoms with van der Waals surface area (Å²) in [4.78, 5) is 16.7. The van der Waals surface area contributed by atoms with Crippen molar-refractivity contribution in [2.24, 2.45) is 0 Å². The van der Waals surface area contributed by atoms with Gasteiger partial charge in [-0.3, -0.25) is 10.6 Å². The molecule has 2 heterocycles. The van der Waals surface area contributed by atoms with E-state index in [1.165, 1.54) is 4.68 Å². The first-order chi connectivity index (χ1) is 16.8. The molecule has 0 spiro atoms. The molecule has 0 aliphatic carbocycles. The Morgan fingerprint density at radius 3 is 2.34 bits per heavy atom. The first-order valence-corrected chi connectivity index (χ1v) is 11.6. The van der Waals surface area contributed by atoms with Crippen LogP contribution in [0.1, 0.15) is 23.9 Å². The zero-order valence-corrected chi connectivity index (χ0v) is 19.7. The molecule has 2 amide bonds. The Hall–Kier alpha value is -3.86. The average molecular weight is 502 g/mol. The molecule has 2 aromatic heterocycles. The molecule has 2 aromatic carbocycles. The molecule has 11 heteroatoms. The summed E-state index contributed by atoms with van der Waals surface area (Å²) in [5, 5.41) is 8.65.